The van der Waals surface area contributed by atoms with E-state index in [4.69, 9.17) is 10.9 Å². The number of rotatable bonds is 2. The molecule has 4 N–H and O–H groups in total. The summed E-state index contributed by atoms with van der Waals surface area (Å²) < 4.78 is 23.6. The maximum absolute atomic E-state index is 11.6. The summed E-state index contributed by atoms with van der Waals surface area (Å²) in [4.78, 5) is 16.7. The van der Waals surface area contributed by atoms with Gasteiger partial charge in [0.05, 0.1) is 0 Å². The van der Waals surface area contributed by atoms with Gasteiger partial charge in [0.25, 0.3) is 5.95 Å². The molecule has 1 aromatic rings. The van der Waals surface area contributed by atoms with Crippen LogP contribution in [0.5, 0.6) is 0 Å². The number of amides is 1. The van der Waals surface area contributed by atoms with Gasteiger partial charge in [0.2, 0.25) is 21.9 Å². The molecule has 94 valence electrons. The zero-order valence-corrected chi connectivity index (χ0v) is 9.88. The molecule has 1 saturated heterocycles. The molecule has 1 atom stereocenters. The van der Waals surface area contributed by atoms with Crippen LogP contribution in [0, 0.1) is 0 Å². The molecule has 1 aliphatic heterocycles. The van der Waals surface area contributed by atoms with Crippen molar-refractivity contribution in [2.45, 2.75) is 11.7 Å². The summed E-state index contributed by atoms with van der Waals surface area (Å²) in [5.41, 5.74) is 5.48. The number of aromatic nitrogens is 3. The lowest BCUT2D eigenvalue weighted by Crippen LogP contribution is -2.32. The molecule has 1 fully saturated rings. The second-order valence-corrected chi connectivity index (χ2v) is 5.66. The molecule has 1 aliphatic rings. The third kappa shape index (κ3) is 2.08. The normalized spacial score (nSPS) is 21.2. The highest BCUT2D eigenvalue weighted by Crippen LogP contribution is 2.21. The van der Waals surface area contributed by atoms with Crippen molar-refractivity contribution >= 4 is 27.8 Å². The lowest BCUT2D eigenvalue weighted by molar-refractivity contribution is -0.117. The third-order valence-corrected chi connectivity index (χ3v) is 3.83. The molecule has 0 spiro atoms. The van der Waals surface area contributed by atoms with Crippen molar-refractivity contribution in [3.05, 3.63) is 0 Å². The Hall–Kier alpha value is -1.68. The minimum atomic E-state index is -3.74. The highest BCUT2D eigenvalue weighted by Gasteiger charge is 2.38. The lowest BCUT2D eigenvalue weighted by Gasteiger charge is -2.10. The molecule has 10 heteroatoms. The maximum Gasteiger partial charge on any atom is 0.253 e. The van der Waals surface area contributed by atoms with Crippen molar-refractivity contribution in [2.24, 2.45) is 12.2 Å². The monoisotopic (exact) mass is 260 g/mol. The number of nitrogens with zero attached hydrogens (tertiary/aromatic N) is 4. The molecule has 0 bridgehead atoms. The first-order valence-electron chi connectivity index (χ1n) is 4.77. The minimum Gasteiger partial charge on any atom is -0.368 e. The number of hydrogen-bond donors (Lipinski definition) is 2. The van der Waals surface area contributed by atoms with Gasteiger partial charge in [-0.05, 0) is 0 Å². The fourth-order valence-corrected chi connectivity index (χ4v) is 2.32. The van der Waals surface area contributed by atoms with Crippen molar-refractivity contribution in [2.75, 3.05) is 17.2 Å². The third-order valence-electron chi connectivity index (χ3n) is 2.58. The topological polar surface area (TPSA) is 137 Å². The highest BCUT2D eigenvalue weighted by atomic mass is 32.2. The summed E-state index contributed by atoms with van der Waals surface area (Å²) in [5.74, 6) is -0.136. The van der Waals surface area contributed by atoms with E-state index >= 15 is 0 Å². The number of nitrogens with two attached hydrogens (primary N) is 2. The van der Waals surface area contributed by atoms with Crippen LogP contribution >= 0.6 is 0 Å². The van der Waals surface area contributed by atoms with Crippen LogP contribution in [0.3, 0.4) is 0 Å². The van der Waals surface area contributed by atoms with Crippen LogP contribution in [-0.4, -0.2) is 40.9 Å². The Bertz CT molecular complexity index is 545. The number of hydrogen-bond acceptors (Lipinski definition) is 6. The van der Waals surface area contributed by atoms with Gasteiger partial charge < -0.3 is 5.73 Å². The first-order chi connectivity index (χ1) is 7.79. The van der Waals surface area contributed by atoms with Crippen LogP contribution in [-0.2, 0) is 21.9 Å². The van der Waals surface area contributed by atoms with Crippen molar-refractivity contribution < 1.29 is 13.2 Å². The van der Waals surface area contributed by atoms with Crippen molar-refractivity contribution in [1.82, 2.24) is 14.8 Å². The predicted molar refractivity (Wildman–Crippen MR) is 59.3 cm³/mol. The molecule has 2 heterocycles. The van der Waals surface area contributed by atoms with Crippen LogP contribution in [0.4, 0.5) is 11.9 Å². The number of aryl methyl sites for hydroxylation is 1. The van der Waals surface area contributed by atoms with Crippen molar-refractivity contribution in [1.29, 1.82) is 0 Å². The van der Waals surface area contributed by atoms with Gasteiger partial charge >= 0.3 is 0 Å². The van der Waals surface area contributed by atoms with Gasteiger partial charge in [-0.25, -0.2) is 18.2 Å². The Balaban J connectivity index is 2.27. The Morgan fingerprint density at radius 1 is 1.47 bits per heavy atom. The van der Waals surface area contributed by atoms with E-state index in [0.29, 0.717) is 0 Å². The molecule has 9 nitrogen and oxygen atoms in total. The van der Waals surface area contributed by atoms with Crippen molar-refractivity contribution in [3.8, 4) is 0 Å². The number of carbonyl (C=O) groups excluding carboxylic acids is 1. The fraction of sp³-hybridized carbons (Fsp3) is 0.571. The van der Waals surface area contributed by atoms with E-state index < -0.39 is 15.3 Å². The standard InChI is InChI=1S/C7H12N6O3S/c1-12-6(8)10-7(11-12)13-3-4(2-5(13)14)17(9,15)16/h4H,2-3H2,1H3,(H2,8,10,11)(H2,9,15,16). The molecule has 17 heavy (non-hydrogen) atoms. The van der Waals surface area contributed by atoms with Crippen LogP contribution in [0.15, 0.2) is 0 Å². The Kier molecular flexibility index (Phi) is 2.54. The fourth-order valence-electron chi connectivity index (χ4n) is 1.59. The number of primary sulfonamides is 1. The summed E-state index contributed by atoms with van der Waals surface area (Å²) in [7, 11) is -2.16. The number of sulfonamides is 1. The number of carbonyl (C=O) groups is 1. The zero-order chi connectivity index (χ0) is 12.8. The zero-order valence-electron chi connectivity index (χ0n) is 9.07. The second-order valence-electron chi connectivity index (χ2n) is 3.81. The van der Waals surface area contributed by atoms with Gasteiger partial charge in [0.1, 0.15) is 5.25 Å². The van der Waals surface area contributed by atoms with E-state index in [0.717, 1.165) is 0 Å². The molecule has 1 amide bonds. The molecule has 0 radical (unpaired) electrons. The van der Waals surface area contributed by atoms with E-state index in [1.54, 1.807) is 7.05 Å². The quantitative estimate of drug-likeness (QED) is 0.618. The molecular weight excluding hydrogens is 248 g/mol. The van der Waals surface area contributed by atoms with Crippen molar-refractivity contribution in [3.63, 3.8) is 0 Å². The van der Waals surface area contributed by atoms with E-state index in [1.165, 1.54) is 9.58 Å². The largest absolute Gasteiger partial charge is 0.368 e. The lowest BCUT2D eigenvalue weighted by atomic mass is 10.4. The second kappa shape index (κ2) is 3.67. The Labute approximate surface area is 97.4 Å². The van der Waals surface area contributed by atoms with E-state index in [-0.39, 0.29) is 30.8 Å². The minimum absolute atomic E-state index is 0.0406. The molecule has 0 aliphatic carbocycles. The van der Waals surface area contributed by atoms with Gasteiger partial charge in [-0.2, -0.15) is 4.98 Å². The first-order valence-corrected chi connectivity index (χ1v) is 6.38. The van der Waals surface area contributed by atoms with Gasteiger partial charge in [-0.1, -0.05) is 0 Å². The Morgan fingerprint density at radius 2 is 2.12 bits per heavy atom. The molecule has 2 rings (SSSR count). The molecule has 1 unspecified atom stereocenters. The molecular formula is C7H12N6O3S. The van der Waals surface area contributed by atoms with Gasteiger partial charge in [-0.3, -0.25) is 9.69 Å². The number of nitrogen functional groups attached to an aromatic ring is 1. The summed E-state index contributed by atoms with van der Waals surface area (Å²) in [5, 5.41) is 7.99. The van der Waals surface area contributed by atoms with Crippen LogP contribution < -0.4 is 15.8 Å². The Morgan fingerprint density at radius 3 is 2.53 bits per heavy atom. The highest BCUT2D eigenvalue weighted by molar-refractivity contribution is 7.89. The predicted octanol–water partition coefficient (Wildman–Crippen LogP) is -2.21. The van der Waals surface area contributed by atoms with Crippen LogP contribution in [0.25, 0.3) is 0 Å². The average molecular weight is 260 g/mol. The van der Waals surface area contributed by atoms with E-state index in [9.17, 15) is 13.2 Å². The van der Waals surface area contributed by atoms with Crippen LogP contribution in [0.2, 0.25) is 0 Å². The molecule has 1 aromatic heterocycles. The summed E-state index contributed by atoms with van der Waals surface area (Å²) in [6.45, 7) is -0.0406. The number of anilines is 2. The molecule has 0 aromatic carbocycles. The van der Waals surface area contributed by atoms with Crippen LogP contribution in [0.1, 0.15) is 6.42 Å². The smallest absolute Gasteiger partial charge is 0.253 e. The van der Waals surface area contributed by atoms with Gasteiger partial charge in [-0.15, -0.1) is 5.10 Å². The maximum atomic E-state index is 11.6. The first kappa shape index (κ1) is 11.8. The summed E-state index contributed by atoms with van der Waals surface area (Å²) in [6, 6.07) is 0. The van der Waals surface area contributed by atoms with E-state index in [1.807, 2.05) is 0 Å². The average Bonchev–Trinajstić information content (AvgIpc) is 2.71. The summed E-state index contributed by atoms with van der Waals surface area (Å²) in [6.07, 6.45) is -0.156. The summed E-state index contributed by atoms with van der Waals surface area (Å²) >= 11 is 0. The van der Waals surface area contributed by atoms with E-state index in [2.05, 4.69) is 10.1 Å². The van der Waals surface area contributed by atoms with Gasteiger partial charge in [0.15, 0.2) is 0 Å². The SMILES string of the molecule is Cn1nc(N2CC(S(N)(=O)=O)CC2=O)nc1N. The van der Waals surface area contributed by atoms with Gasteiger partial charge in [0, 0.05) is 20.0 Å². The molecule has 0 saturated carbocycles.